The van der Waals surface area contributed by atoms with Gasteiger partial charge >= 0.3 is 0 Å². The Bertz CT molecular complexity index is 575. The smallest absolute Gasteiger partial charge is 0.115 e. The molecule has 5 heteroatoms. The first-order chi connectivity index (χ1) is 9.77. The molecule has 1 saturated heterocycles. The first-order valence-corrected chi connectivity index (χ1v) is 8.01. The standard InChI is InChI=1S/C15H17FN2OS/c16-15(4-6-19-7-5-15)3-1-12-14-11(2-8-20-14)13-9-17-10-18(12)13/h2,8-10,12H,1,3-7H2/t12-/m1/s1. The summed E-state index contributed by atoms with van der Waals surface area (Å²) in [6, 6.07) is 2.41. The second-order valence-electron chi connectivity index (χ2n) is 5.70. The molecule has 4 heterocycles. The first kappa shape index (κ1) is 12.5. The van der Waals surface area contributed by atoms with E-state index in [9.17, 15) is 4.39 Å². The predicted molar refractivity (Wildman–Crippen MR) is 76.8 cm³/mol. The van der Waals surface area contributed by atoms with E-state index in [-0.39, 0.29) is 6.04 Å². The zero-order chi connectivity index (χ0) is 13.6. The molecule has 20 heavy (non-hydrogen) atoms. The average Bonchev–Trinajstić information content (AvgIpc) is 3.11. The summed E-state index contributed by atoms with van der Waals surface area (Å²) in [4.78, 5) is 5.60. The van der Waals surface area contributed by atoms with Crippen molar-refractivity contribution in [1.29, 1.82) is 0 Å². The van der Waals surface area contributed by atoms with Crippen molar-refractivity contribution in [2.75, 3.05) is 13.2 Å². The van der Waals surface area contributed by atoms with Gasteiger partial charge in [0.05, 0.1) is 24.3 Å². The highest BCUT2D eigenvalue weighted by atomic mass is 32.1. The zero-order valence-corrected chi connectivity index (χ0v) is 12.0. The Morgan fingerprint density at radius 3 is 3.15 bits per heavy atom. The second-order valence-corrected chi connectivity index (χ2v) is 6.65. The molecular formula is C15H17FN2OS. The molecule has 0 aliphatic carbocycles. The highest BCUT2D eigenvalue weighted by molar-refractivity contribution is 7.10. The van der Waals surface area contributed by atoms with E-state index in [0.717, 1.165) is 6.42 Å². The van der Waals surface area contributed by atoms with Crippen LogP contribution in [0.3, 0.4) is 0 Å². The minimum atomic E-state index is -1.04. The maximum Gasteiger partial charge on any atom is 0.115 e. The molecule has 0 aromatic carbocycles. The molecule has 4 rings (SSSR count). The van der Waals surface area contributed by atoms with Gasteiger partial charge in [-0.05, 0) is 24.3 Å². The minimum absolute atomic E-state index is 0.262. The molecule has 0 N–H and O–H groups in total. The van der Waals surface area contributed by atoms with Gasteiger partial charge in [-0.2, -0.15) is 0 Å². The van der Waals surface area contributed by atoms with Crippen molar-refractivity contribution < 1.29 is 9.13 Å². The van der Waals surface area contributed by atoms with Crippen molar-refractivity contribution in [3.05, 3.63) is 28.8 Å². The van der Waals surface area contributed by atoms with Gasteiger partial charge < -0.3 is 9.30 Å². The summed E-state index contributed by atoms with van der Waals surface area (Å²) < 4.78 is 22.2. The Morgan fingerprint density at radius 2 is 2.30 bits per heavy atom. The number of alkyl halides is 1. The van der Waals surface area contributed by atoms with Crippen LogP contribution in [0.2, 0.25) is 0 Å². The van der Waals surface area contributed by atoms with E-state index in [1.165, 1.54) is 16.1 Å². The van der Waals surface area contributed by atoms with E-state index < -0.39 is 5.67 Å². The Morgan fingerprint density at radius 1 is 1.45 bits per heavy atom. The number of aromatic nitrogens is 2. The lowest BCUT2D eigenvalue weighted by atomic mass is 9.89. The predicted octanol–water partition coefficient (Wildman–Crippen LogP) is 3.81. The van der Waals surface area contributed by atoms with Gasteiger partial charge in [-0.3, -0.25) is 0 Å². The third-order valence-corrected chi connectivity index (χ3v) is 5.55. The normalized spacial score (nSPS) is 23.6. The molecule has 0 radical (unpaired) electrons. The lowest BCUT2D eigenvalue weighted by molar-refractivity contribution is -0.0151. The number of fused-ring (bicyclic) bond motifs is 3. The van der Waals surface area contributed by atoms with Crippen molar-refractivity contribution in [2.45, 2.75) is 37.4 Å². The van der Waals surface area contributed by atoms with Crippen LogP contribution in [0, 0.1) is 0 Å². The maximum absolute atomic E-state index is 14.7. The molecule has 1 atom stereocenters. The Kier molecular flexibility index (Phi) is 2.93. The van der Waals surface area contributed by atoms with Gasteiger partial charge in [0, 0.05) is 36.5 Å². The fourth-order valence-electron chi connectivity index (χ4n) is 3.33. The lowest BCUT2D eigenvalue weighted by Crippen LogP contribution is -2.32. The van der Waals surface area contributed by atoms with Crippen LogP contribution in [0.5, 0.6) is 0 Å². The van der Waals surface area contributed by atoms with Gasteiger partial charge in [0.2, 0.25) is 0 Å². The molecule has 106 valence electrons. The number of ether oxygens (including phenoxy) is 1. The number of hydrogen-bond donors (Lipinski definition) is 0. The van der Waals surface area contributed by atoms with Crippen molar-refractivity contribution in [1.82, 2.24) is 9.55 Å². The number of rotatable bonds is 3. The van der Waals surface area contributed by atoms with Crippen LogP contribution in [-0.4, -0.2) is 28.4 Å². The molecule has 2 aliphatic heterocycles. The summed E-state index contributed by atoms with van der Waals surface area (Å²) >= 11 is 1.77. The summed E-state index contributed by atoms with van der Waals surface area (Å²) in [5.41, 5.74) is 1.41. The van der Waals surface area contributed by atoms with Crippen LogP contribution >= 0.6 is 11.3 Å². The highest BCUT2D eigenvalue weighted by Crippen LogP contribution is 2.46. The molecular weight excluding hydrogens is 275 g/mol. The zero-order valence-electron chi connectivity index (χ0n) is 11.2. The van der Waals surface area contributed by atoms with E-state index in [1.54, 1.807) is 11.3 Å². The minimum Gasteiger partial charge on any atom is -0.381 e. The fourth-order valence-corrected chi connectivity index (χ4v) is 4.37. The monoisotopic (exact) mass is 292 g/mol. The highest BCUT2D eigenvalue weighted by Gasteiger charge is 2.36. The number of hydrogen-bond acceptors (Lipinski definition) is 3. The summed E-state index contributed by atoms with van der Waals surface area (Å²) in [5.74, 6) is 0. The Hall–Kier alpha value is -1.20. The third kappa shape index (κ3) is 1.91. The number of nitrogens with zero attached hydrogens (tertiary/aromatic N) is 2. The third-order valence-electron chi connectivity index (χ3n) is 4.53. The molecule has 2 aromatic rings. The van der Waals surface area contributed by atoms with Gasteiger partial charge in [0.15, 0.2) is 0 Å². The van der Waals surface area contributed by atoms with Gasteiger partial charge in [-0.15, -0.1) is 11.3 Å². The average molecular weight is 292 g/mol. The molecule has 3 nitrogen and oxygen atoms in total. The Balaban J connectivity index is 1.55. The summed E-state index contributed by atoms with van der Waals surface area (Å²) in [7, 11) is 0. The molecule has 2 aliphatic rings. The topological polar surface area (TPSA) is 27.1 Å². The summed E-state index contributed by atoms with van der Waals surface area (Å²) in [5, 5.41) is 2.12. The van der Waals surface area contributed by atoms with Gasteiger partial charge in [0.1, 0.15) is 5.67 Å². The largest absolute Gasteiger partial charge is 0.381 e. The number of imidazole rings is 1. The van der Waals surface area contributed by atoms with E-state index in [0.29, 0.717) is 32.5 Å². The SMILES string of the molecule is FC1(CC[C@@H]2c3sccc3-c3cncn32)CCOCC1. The van der Waals surface area contributed by atoms with E-state index in [4.69, 9.17) is 4.74 Å². The molecule has 0 unspecified atom stereocenters. The summed E-state index contributed by atoms with van der Waals surface area (Å²) in [6.45, 7) is 1.11. The second kappa shape index (κ2) is 4.67. The maximum atomic E-state index is 14.7. The first-order valence-electron chi connectivity index (χ1n) is 7.13. The lowest BCUT2D eigenvalue weighted by Gasteiger charge is -2.30. The molecule has 2 aromatic heterocycles. The quantitative estimate of drug-likeness (QED) is 0.860. The molecule has 1 fully saturated rings. The van der Waals surface area contributed by atoms with Gasteiger partial charge in [-0.1, -0.05) is 0 Å². The van der Waals surface area contributed by atoms with Crippen LogP contribution in [0.25, 0.3) is 11.3 Å². The molecule has 0 amide bonds. The van der Waals surface area contributed by atoms with E-state index in [1.807, 2.05) is 12.5 Å². The molecule has 0 saturated carbocycles. The van der Waals surface area contributed by atoms with E-state index in [2.05, 4.69) is 21.0 Å². The van der Waals surface area contributed by atoms with E-state index >= 15 is 0 Å². The van der Waals surface area contributed by atoms with Gasteiger partial charge in [-0.25, -0.2) is 9.37 Å². The number of thiophene rings is 1. The van der Waals surface area contributed by atoms with Crippen LogP contribution in [0.1, 0.15) is 36.6 Å². The van der Waals surface area contributed by atoms with Crippen LogP contribution < -0.4 is 0 Å². The van der Waals surface area contributed by atoms with Crippen molar-refractivity contribution in [3.8, 4) is 11.3 Å². The van der Waals surface area contributed by atoms with Crippen molar-refractivity contribution >= 4 is 11.3 Å². The van der Waals surface area contributed by atoms with Crippen LogP contribution in [-0.2, 0) is 4.74 Å². The fraction of sp³-hybridized carbons (Fsp3) is 0.533. The van der Waals surface area contributed by atoms with Crippen LogP contribution in [0.4, 0.5) is 4.39 Å². The molecule has 0 bridgehead atoms. The molecule has 0 spiro atoms. The number of halogens is 1. The van der Waals surface area contributed by atoms with Crippen molar-refractivity contribution in [2.24, 2.45) is 0 Å². The van der Waals surface area contributed by atoms with Crippen LogP contribution in [0.15, 0.2) is 24.0 Å². The van der Waals surface area contributed by atoms with Crippen molar-refractivity contribution in [3.63, 3.8) is 0 Å². The summed E-state index contributed by atoms with van der Waals surface area (Å²) in [6.07, 6.45) is 6.30. The Labute approximate surface area is 121 Å². The van der Waals surface area contributed by atoms with Gasteiger partial charge in [0.25, 0.3) is 0 Å².